The number of fused-ring (bicyclic) bond motifs is 1. The molecule has 37 heavy (non-hydrogen) atoms. The Bertz CT molecular complexity index is 970. The molecule has 1 N–H and O–H groups in total. The first-order chi connectivity index (χ1) is 17.7. The molecule has 2 saturated heterocycles. The number of carbonyl (C=O) groups is 2. The standard InChI is InChI=1S/C28H43FN2O5Si/c1-19-27(35-2)22-16-20(30-14-8-6-5-7-11-25(30)33)12-13-23(22)36-28(19)24(37(3,4)29)17-26(34)31-15-9-10-21(31)18-32/h12-13,16,19,21,24,27-28,32H,5-11,14-15,17-18H2,1-4H3/t19-,21-,24?,27-,28-/m0/s1. The van der Waals surface area contributed by atoms with Crippen LogP contribution in [0.25, 0.3) is 0 Å². The Labute approximate surface area is 221 Å². The molecule has 0 aliphatic carbocycles. The lowest BCUT2D eigenvalue weighted by atomic mass is 9.86. The fourth-order valence-electron chi connectivity index (χ4n) is 6.37. The molecule has 9 heteroatoms. The molecular weight excluding hydrogens is 491 g/mol. The molecule has 1 unspecified atom stereocenters. The van der Waals surface area contributed by atoms with Crippen LogP contribution in [-0.4, -0.2) is 69.2 Å². The van der Waals surface area contributed by atoms with Gasteiger partial charge >= 0.3 is 0 Å². The zero-order valence-electron chi connectivity index (χ0n) is 22.7. The van der Waals surface area contributed by atoms with Crippen LogP contribution in [0.3, 0.4) is 0 Å². The van der Waals surface area contributed by atoms with E-state index in [1.54, 1.807) is 25.1 Å². The van der Waals surface area contributed by atoms with Gasteiger partial charge in [-0.3, -0.25) is 9.59 Å². The van der Waals surface area contributed by atoms with Crippen LogP contribution >= 0.6 is 0 Å². The molecule has 2 fully saturated rings. The monoisotopic (exact) mass is 534 g/mol. The zero-order valence-corrected chi connectivity index (χ0v) is 23.7. The van der Waals surface area contributed by atoms with Crippen molar-refractivity contribution in [2.45, 2.75) is 95.2 Å². The number of anilines is 1. The summed E-state index contributed by atoms with van der Waals surface area (Å²) in [5, 5.41) is 9.68. The van der Waals surface area contributed by atoms with Crippen LogP contribution in [0.1, 0.15) is 70.0 Å². The molecule has 0 radical (unpaired) electrons. The van der Waals surface area contributed by atoms with Crippen molar-refractivity contribution in [1.29, 1.82) is 0 Å². The molecule has 3 heterocycles. The second-order valence-electron chi connectivity index (χ2n) is 11.5. The van der Waals surface area contributed by atoms with E-state index in [0.717, 1.165) is 49.8 Å². The predicted octanol–water partition coefficient (Wildman–Crippen LogP) is 4.99. The molecule has 0 saturated carbocycles. The van der Waals surface area contributed by atoms with Crippen molar-refractivity contribution in [1.82, 2.24) is 4.90 Å². The number of carbonyl (C=O) groups excluding carboxylic acids is 2. The number of aliphatic hydroxyl groups is 1. The highest BCUT2D eigenvalue weighted by Crippen LogP contribution is 2.48. The van der Waals surface area contributed by atoms with Crippen molar-refractivity contribution in [3.8, 4) is 5.75 Å². The number of benzene rings is 1. The van der Waals surface area contributed by atoms with Crippen molar-refractivity contribution >= 4 is 25.9 Å². The third-order valence-electron chi connectivity index (χ3n) is 8.53. The van der Waals surface area contributed by atoms with Gasteiger partial charge in [0.1, 0.15) is 11.9 Å². The van der Waals surface area contributed by atoms with Crippen LogP contribution < -0.4 is 9.64 Å². The molecule has 1 aromatic carbocycles. The Balaban J connectivity index is 1.60. The van der Waals surface area contributed by atoms with Gasteiger partial charge in [-0.1, -0.05) is 19.8 Å². The Morgan fingerprint density at radius 3 is 2.68 bits per heavy atom. The summed E-state index contributed by atoms with van der Waals surface area (Å²) in [7, 11) is -1.68. The highest BCUT2D eigenvalue weighted by molar-refractivity contribution is 6.72. The summed E-state index contributed by atoms with van der Waals surface area (Å²) in [5.41, 5.74) is 1.15. The van der Waals surface area contributed by atoms with Crippen molar-refractivity contribution < 1.29 is 28.3 Å². The molecule has 1 aromatic rings. The van der Waals surface area contributed by atoms with Gasteiger partial charge in [-0.2, -0.15) is 0 Å². The van der Waals surface area contributed by atoms with Crippen LogP contribution in [0.2, 0.25) is 18.6 Å². The second kappa shape index (κ2) is 11.8. The van der Waals surface area contributed by atoms with Crippen LogP contribution in [0.4, 0.5) is 9.80 Å². The van der Waals surface area contributed by atoms with E-state index < -0.39 is 20.1 Å². The van der Waals surface area contributed by atoms with E-state index in [9.17, 15) is 14.7 Å². The molecule has 206 valence electrons. The summed E-state index contributed by atoms with van der Waals surface area (Å²) in [4.78, 5) is 29.7. The maximum absolute atomic E-state index is 15.8. The molecule has 0 aromatic heterocycles. The van der Waals surface area contributed by atoms with E-state index in [4.69, 9.17) is 9.47 Å². The largest absolute Gasteiger partial charge is 0.490 e. The molecule has 0 bridgehead atoms. The molecular formula is C28H43FN2O5Si. The number of nitrogens with zero attached hydrogens (tertiary/aromatic N) is 2. The van der Waals surface area contributed by atoms with Gasteiger partial charge in [-0.05, 0) is 57.0 Å². The SMILES string of the molecule is CO[C@@H]1c2cc(N3CCCCCCC3=O)ccc2O[C@H](C(CC(=O)N2CCC[C@H]2CO)[Si](C)(C)F)[C@H]1C. The number of aliphatic hydroxyl groups excluding tert-OH is 1. The minimum atomic E-state index is -3.33. The van der Waals surface area contributed by atoms with Gasteiger partial charge in [-0.15, -0.1) is 0 Å². The fraction of sp³-hybridized carbons (Fsp3) is 0.714. The maximum Gasteiger partial charge on any atom is 0.248 e. The predicted molar refractivity (Wildman–Crippen MR) is 144 cm³/mol. The van der Waals surface area contributed by atoms with E-state index in [-0.39, 0.29) is 42.9 Å². The lowest BCUT2D eigenvalue weighted by molar-refractivity contribution is -0.133. The van der Waals surface area contributed by atoms with Crippen LogP contribution in [0.15, 0.2) is 18.2 Å². The van der Waals surface area contributed by atoms with Crippen LogP contribution in [0.5, 0.6) is 5.75 Å². The minimum Gasteiger partial charge on any atom is -0.490 e. The number of hydrogen-bond acceptors (Lipinski definition) is 5. The minimum absolute atomic E-state index is 0.0629. The van der Waals surface area contributed by atoms with E-state index >= 15 is 4.11 Å². The lowest BCUT2D eigenvalue weighted by Gasteiger charge is -2.43. The van der Waals surface area contributed by atoms with Crippen molar-refractivity contribution in [3.63, 3.8) is 0 Å². The Kier molecular flexibility index (Phi) is 8.96. The zero-order chi connectivity index (χ0) is 26.7. The topological polar surface area (TPSA) is 79.3 Å². The second-order valence-corrected chi connectivity index (χ2v) is 15.3. The van der Waals surface area contributed by atoms with Gasteiger partial charge in [-0.25, -0.2) is 0 Å². The first-order valence-corrected chi connectivity index (χ1v) is 16.8. The molecule has 2 amide bonds. The number of methoxy groups -OCH3 is 1. The van der Waals surface area contributed by atoms with E-state index in [1.165, 1.54) is 0 Å². The number of amides is 2. The summed E-state index contributed by atoms with van der Waals surface area (Å²) < 4.78 is 28.3. The van der Waals surface area contributed by atoms with Gasteiger partial charge in [0.2, 0.25) is 20.2 Å². The molecule has 7 nitrogen and oxygen atoms in total. The number of ether oxygens (including phenoxy) is 2. The average molecular weight is 535 g/mol. The molecule has 4 rings (SSSR count). The normalized spacial score (nSPS) is 27.8. The number of halogens is 1. The first kappa shape index (κ1) is 28.0. The van der Waals surface area contributed by atoms with E-state index in [2.05, 4.69) is 0 Å². The van der Waals surface area contributed by atoms with Crippen molar-refractivity contribution in [3.05, 3.63) is 23.8 Å². The Morgan fingerprint density at radius 1 is 1.22 bits per heavy atom. The molecule has 3 aliphatic heterocycles. The summed E-state index contributed by atoms with van der Waals surface area (Å²) >= 11 is 0. The van der Waals surface area contributed by atoms with Crippen molar-refractivity contribution in [2.24, 2.45) is 5.92 Å². The lowest BCUT2D eigenvalue weighted by Crippen LogP contribution is -2.48. The smallest absolute Gasteiger partial charge is 0.248 e. The fourth-order valence-corrected chi connectivity index (χ4v) is 8.19. The van der Waals surface area contributed by atoms with Gasteiger partial charge in [0.15, 0.2) is 0 Å². The van der Waals surface area contributed by atoms with Crippen molar-refractivity contribution in [2.75, 3.05) is 31.7 Å². The number of hydrogen-bond donors (Lipinski definition) is 1. The highest BCUT2D eigenvalue weighted by Gasteiger charge is 2.49. The Morgan fingerprint density at radius 2 is 1.97 bits per heavy atom. The van der Waals surface area contributed by atoms with Gasteiger partial charge in [0, 0.05) is 55.8 Å². The quantitative estimate of drug-likeness (QED) is 0.394. The summed E-state index contributed by atoms with van der Waals surface area (Å²) in [6.07, 6.45) is 5.51. The van der Waals surface area contributed by atoms with Gasteiger partial charge < -0.3 is 28.5 Å². The average Bonchev–Trinajstić information content (AvgIpc) is 3.33. The Hall–Kier alpha value is -1.97. The molecule has 5 atom stereocenters. The van der Waals surface area contributed by atoms with Gasteiger partial charge in [0.25, 0.3) is 0 Å². The molecule has 0 spiro atoms. The third-order valence-corrected chi connectivity index (χ3v) is 10.8. The van der Waals surface area contributed by atoms with Crippen LogP contribution in [0, 0.1) is 5.92 Å². The number of rotatable bonds is 7. The summed E-state index contributed by atoms with van der Waals surface area (Å²) in [6, 6.07) is 5.59. The maximum atomic E-state index is 15.8. The number of likely N-dealkylation sites (tertiary alicyclic amines) is 1. The van der Waals surface area contributed by atoms with Crippen LogP contribution in [-0.2, 0) is 14.3 Å². The van der Waals surface area contributed by atoms with Gasteiger partial charge in [0.05, 0.1) is 18.8 Å². The first-order valence-electron chi connectivity index (χ1n) is 13.9. The van der Waals surface area contributed by atoms with E-state index in [1.807, 2.05) is 30.0 Å². The third kappa shape index (κ3) is 6.04. The van der Waals surface area contributed by atoms with E-state index in [0.29, 0.717) is 25.3 Å². The molecule has 3 aliphatic rings. The summed E-state index contributed by atoms with van der Waals surface area (Å²) in [5.74, 6) is 0.469. The summed E-state index contributed by atoms with van der Waals surface area (Å²) in [6.45, 7) is 6.52. The highest BCUT2D eigenvalue weighted by atomic mass is 28.4.